The summed E-state index contributed by atoms with van der Waals surface area (Å²) >= 11 is 0. The van der Waals surface area contributed by atoms with Crippen LogP contribution in [0.25, 0.3) is 10.8 Å². The third-order valence-electron chi connectivity index (χ3n) is 4.21. The maximum absolute atomic E-state index is 12.4. The van der Waals surface area contributed by atoms with Gasteiger partial charge in [-0.15, -0.1) is 0 Å². The minimum Gasteiger partial charge on any atom is -0.493 e. The molecule has 3 rings (SSSR count). The second kappa shape index (κ2) is 9.08. The van der Waals surface area contributed by atoms with Gasteiger partial charge in [-0.2, -0.15) is 5.10 Å². The first-order chi connectivity index (χ1) is 14.4. The number of fused-ring (bicyclic) bond motifs is 1. The Balaban J connectivity index is 1.66. The van der Waals surface area contributed by atoms with E-state index >= 15 is 0 Å². The standard InChI is InChI=1S/C21H22N4O5/c1-12(2)30-17-9-8-13(10-18(17)29-3)20(27)24-23-19(26)11-16-14-6-4-5-7-15(14)21(28)25-22-16/h4-10,12H,11H2,1-3H3,(H,23,26)(H,24,27)(H,25,28). The van der Waals surface area contributed by atoms with Crippen LogP contribution in [0, 0.1) is 0 Å². The number of aromatic amines is 1. The highest BCUT2D eigenvalue weighted by molar-refractivity contribution is 5.96. The molecule has 0 fully saturated rings. The molecule has 0 aliphatic heterocycles. The number of carbonyl (C=O) groups excluding carboxylic acids is 2. The van der Waals surface area contributed by atoms with Crippen LogP contribution in [0.3, 0.4) is 0 Å². The smallest absolute Gasteiger partial charge is 0.272 e. The van der Waals surface area contributed by atoms with Crippen LogP contribution in [0.5, 0.6) is 11.5 Å². The number of rotatable bonds is 6. The van der Waals surface area contributed by atoms with Crippen molar-refractivity contribution in [1.82, 2.24) is 21.0 Å². The summed E-state index contributed by atoms with van der Waals surface area (Å²) in [7, 11) is 1.48. The fraction of sp³-hybridized carbons (Fsp3) is 0.238. The predicted molar refractivity (Wildman–Crippen MR) is 110 cm³/mol. The van der Waals surface area contributed by atoms with Crippen LogP contribution in [0.2, 0.25) is 0 Å². The first kappa shape index (κ1) is 20.8. The molecule has 0 atom stereocenters. The molecule has 0 saturated carbocycles. The molecule has 0 saturated heterocycles. The van der Waals surface area contributed by atoms with Crippen molar-refractivity contribution in [2.45, 2.75) is 26.4 Å². The van der Waals surface area contributed by atoms with Crippen molar-refractivity contribution in [3.63, 3.8) is 0 Å². The van der Waals surface area contributed by atoms with Gasteiger partial charge in [0, 0.05) is 10.9 Å². The normalized spacial score (nSPS) is 10.7. The lowest BCUT2D eigenvalue weighted by atomic mass is 10.1. The van der Waals surface area contributed by atoms with Crippen molar-refractivity contribution in [3.8, 4) is 11.5 Å². The first-order valence-electron chi connectivity index (χ1n) is 9.29. The highest BCUT2D eigenvalue weighted by Crippen LogP contribution is 2.28. The van der Waals surface area contributed by atoms with E-state index in [9.17, 15) is 14.4 Å². The van der Waals surface area contributed by atoms with Crippen LogP contribution < -0.4 is 25.9 Å². The summed E-state index contributed by atoms with van der Waals surface area (Å²) in [4.78, 5) is 36.5. The van der Waals surface area contributed by atoms with E-state index in [1.165, 1.54) is 13.2 Å². The van der Waals surface area contributed by atoms with Crippen molar-refractivity contribution in [2.24, 2.45) is 0 Å². The number of amides is 2. The Hall–Kier alpha value is -3.88. The molecule has 1 heterocycles. The van der Waals surface area contributed by atoms with E-state index < -0.39 is 11.8 Å². The highest BCUT2D eigenvalue weighted by Gasteiger charge is 2.14. The number of hydrogen-bond acceptors (Lipinski definition) is 6. The number of nitrogens with zero attached hydrogens (tertiary/aromatic N) is 1. The zero-order chi connectivity index (χ0) is 21.7. The second-order valence-corrected chi connectivity index (χ2v) is 6.76. The summed E-state index contributed by atoms with van der Waals surface area (Å²) in [5.41, 5.74) is 5.06. The predicted octanol–water partition coefficient (Wildman–Crippen LogP) is 1.72. The minimum atomic E-state index is -0.517. The van der Waals surface area contributed by atoms with Gasteiger partial charge in [0.05, 0.1) is 30.7 Å². The number of carbonyl (C=O) groups is 2. The van der Waals surface area contributed by atoms with Gasteiger partial charge >= 0.3 is 0 Å². The Bertz CT molecular complexity index is 1140. The zero-order valence-corrected chi connectivity index (χ0v) is 16.8. The van der Waals surface area contributed by atoms with Crippen LogP contribution >= 0.6 is 0 Å². The average Bonchev–Trinajstić information content (AvgIpc) is 2.74. The van der Waals surface area contributed by atoms with Gasteiger partial charge in [0.15, 0.2) is 11.5 Å². The average molecular weight is 410 g/mol. The van der Waals surface area contributed by atoms with E-state index in [1.807, 2.05) is 13.8 Å². The lowest BCUT2D eigenvalue weighted by Gasteiger charge is -2.14. The zero-order valence-electron chi connectivity index (χ0n) is 16.8. The number of ether oxygens (including phenoxy) is 2. The molecule has 2 amide bonds. The lowest BCUT2D eigenvalue weighted by Crippen LogP contribution is -2.42. The van der Waals surface area contributed by atoms with Gasteiger partial charge in [-0.25, -0.2) is 5.10 Å². The molecule has 1 aromatic heterocycles. The van der Waals surface area contributed by atoms with Crippen molar-refractivity contribution in [2.75, 3.05) is 7.11 Å². The maximum Gasteiger partial charge on any atom is 0.272 e. The Morgan fingerprint density at radius 1 is 1.07 bits per heavy atom. The molecule has 0 spiro atoms. The van der Waals surface area contributed by atoms with E-state index in [1.54, 1.807) is 36.4 Å². The Kier molecular flexibility index (Phi) is 6.31. The summed E-state index contributed by atoms with van der Waals surface area (Å²) in [5, 5.41) is 7.33. The molecule has 30 heavy (non-hydrogen) atoms. The van der Waals surface area contributed by atoms with Crippen molar-refractivity contribution in [1.29, 1.82) is 0 Å². The van der Waals surface area contributed by atoms with Gasteiger partial charge in [0.2, 0.25) is 5.91 Å². The van der Waals surface area contributed by atoms with E-state index in [2.05, 4.69) is 21.0 Å². The Morgan fingerprint density at radius 3 is 2.50 bits per heavy atom. The number of aromatic nitrogens is 2. The lowest BCUT2D eigenvalue weighted by molar-refractivity contribution is -0.121. The quantitative estimate of drug-likeness (QED) is 0.532. The van der Waals surface area contributed by atoms with Crippen molar-refractivity contribution in [3.05, 3.63) is 64.1 Å². The second-order valence-electron chi connectivity index (χ2n) is 6.76. The molecule has 3 aromatic rings. The fourth-order valence-electron chi connectivity index (χ4n) is 2.86. The molecular weight excluding hydrogens is 388 g/mol. The summed E-state index contributed by atoms with van der Waals surface area (Å²) < 4.78 is 10.9. The molecule has 0 unspecified atom stereocenters. The number of nitrogens with one attached hydrogen (secondary N) is 3. The van der Waals surface area contributed by atoms with Gasteiger partial charge in [-0.05, 0) is 38.1 Å². The van der Waals surface area contributed by atoms with Crippen LogP contribution in [-0.2, 0) is 11.2 Å². The molecule has 0 aliphatic carbocycles. The SMILES string of the molecule is COc1cc(C(=O)NNC(=O)Cc2n[nH]c(=O)c3ccccc23)ccc1OC(C)C. The van der Waals surface area contributed by atoms with Gasteiger partial charge < -0.3 is 9.47 Å². The molecule has 9 heteroatoms. The number of benzene rings is 2. The van der Waals surface area contributed by atoms with Gasteiger partial charge in [0.1, 0.15) is 0 Å². The molecule has 3 N–H and O–H groups in total. The number of H-pyrrole nitrogens is 1. The Morgan fingerprint density at radius 2 is 1.80 bits per heavy atom. The molecule has 0 aliphatic rings. The number of methoxy groups -OCH3 is 1. The van der Waals surface area contributed by atoms with Crippen molar-refractivity contribution < 1.29 is 19.1 Å². The van der Waals surface area contributed by atoms with Crippen LogP contribution in [0.1, 0.15) is 29.9 Å². The van der Waals surface area contributed by atoms with E-state index in [4.69, 9.17) is 9.47 Å². The van der Waals surface area contributed by atoms with Crippen LogP contribution in [-0.4, -0.2) is 35.2 Å². The number of hydrogen-bond donors (Lipinski definition) is 3. The molecule has 9 nitrogen and oxygen atoms in total. The summed E-state index contributed by atoms with van der Waals surface area (Å²) in [5.74, 6) is -0.0764. The summed E-state index contributed by atoms with van der Waals surface area (Å²) in [6.45, 7) is 3.77. The largest absolute Gasteiger partial charge is 0.493 e. The minimum absolute atomic E-state index is 0.0459. The molecular formula is C21H22N4O5. The third kappa shape index (κ3) is 4.75. The highest BCUT2D eigenvalue weighted by atomic mass is 16.5. The fourth-order valence-corrected chi connectivity index (χ4v) is 2.86. The molecule has 0 bridgehead atoms. The molecule has 2 aromatic carbocycles. The summed E-state index contributed by atoms with van der Waals surface area (Å²) in [6, 6.07) is 11.6. The third-order valence-corrected chi connectivity index (χ3v) is 4.21. The van der Waals surface area contributed by atoms with E-state index in [0.29, 0.717) is 28.0 Å². The Labute approximate surface area is 172 Å². The van der Waals surface area contributed by atoms with Crippen molar-refractivity contribution >= 4 is 22.6 Å². The first-order valence-corrected chi connectivity index (χ1v) is 9.29. The molecule has 156 valence electrons. The van der Waals surface area contributed by atoms with E-state index in [-0.39, 0.29) is 23.6 Å². The van der Waals surface area contributed by atoms with Gasteiger partial charge in [-0.1, -0.05) is 18.2 Å². The number of hydrazine groups is 1. The summed E-state index contributed by atoms with van der Waals surface area (Å²) in [6.07, 6.45) is -0.169. The van der Waals surface area contributed by atoms with Crippen LogP contribution in [0.4, 0.5) is 0 Å². The molecule has 0 radical (unpaired) electrons. The monoisotopic (exact) mass is 410 g/mol. The van der Waals surface area contributed by atoms with Gasteiger partial charge in [0.25, 0.3) is 11.5 Å². The van der Waals surface area contributed by atoms with Crippen LogP contribution in [0.15, 0.2) is 47.3 Å². The maximum atomic E-state index is 12.4. The van der Waals surface area contributed by atoms with E-state index in [0.717, 1.165) is 0 Å². The topological polar surface area (TPSA) is 122 Å². The van der Waals surface area contributed by atoms with Gasteiger partial charge in [-0.3, -0.25) is 25.2 Å².